The molecule has 0 bridgehead atoms. The Kier molecular flexibility index (Phi) is 5.92. The van der Waals surface area contributed by atoms with Gasteiger partial charge in [-0.1, -0.05) is 0 Å². The molecular formula is C12H22O11. The number of ether oxygens (including phenoxy) is 3. The van der Waals surface area contributed by atoms with Gasteiger partial charge in [0.15, 0.2) is 6.29 Å². The lowest BCUT2D eigenvalue weighted by atomic mass is 9.96. The first-order valence-corrected chi connectivity index (χ1v) is 7.04. The van der Waals surface area contributed by atoms with Crippen LogP contribution in [0.25, 0.3) is 0 Å². The summed E-state index contributed by atoms with van der Waals surface area (Å²) in [6, 6.07) is 0. The molecule has 0 amide bonds. The summed E-state index contributed by atoms with van der Waals surface area (Å²) in [5, 5.41) is 76.6. The zero-order valence-electron chi connectivity index (χ0n) is 12.0. The van der Waals surface area contributed by atoms with Crippen LogP contribution in [0.1, 0.15) is 0 Å². The lowest BCUT2D eigenvalue weighted by Crippen LogP contribution is -2.65. The molecule has 2 fully saturated rings. The number of rotatable bonds is 4. The Labute approximate surface area is 130 Å². The molecule has 2 aliphatic rings. The summed E-state index contributed by atoms with van der Waals surface area (Å²) in [6.07, 6.45) is -12.9. The van der Waals surface area contributed by atoms with Gasteiger partial charge in [0, 0.05) is 0 Å². The topological polar surface area (TPSA) is 190 Å². The van der Waals surface area contributed by atoms with Crippen LogP contribution in [0.2, 0.25) is 0 Å². The fourth-order valence-electron chi connectivity index (χ4n) is 2.48. The summed E-state index contributed by atoms with van der Waals surface area (Å²) in [7, 11) is 0. The van der Waals surface area contributed by atoms with E-state index in [0.29, 0.717) is 0 Å². The predicted molar refractivity (Wildman–Crippen MR) is 68.6 cm³/mol. The molecule has 2 saturated heterocycles. The van der Waals surface area contributed by atoms with Gasteiger partial charge >= 0.3 is 0 Å². The quantitative estimate of drug-likeness (QED) is 0.243. The highest BCUT2D eigenvalue weighted by Gasteiger charge is 2.52. The van der Waals surface area contributed by atoms with Gasteiger partial charge in [0.05, 0.1) is 13.2 Å². The van der Waals surface area contributed by atoms with Crippen LogP contribution in [0.4, 0.5) is 0 Å². The Morgan fingerprint density at radius 2 is 1.57 bits per heavy atom. The SMILES string of the molecule is OC[C@@]1(OC[C@H]2O[C@@H](O)[C@H](O)[C@@H](O)[C@H]2O)OC[C@@H](O)[C@@H](O)[C@@H]1O. The Balaban J connectivity index is 2.03. The van der Waals surface area contributed by atoms with E-state index in [4.69, 9.17) is 14.2 Å². The van der Waals surface area contributed by atoms with Crippen LogP contribution >= 0.6 is 0 Å². The number of aliphatic hydroxyl groups is 8. The molecule has 23 heavy (non-hydrogen) atoms. The standard InChI is InChI=1S/C12H22O11/c13-3-12(10(19)6(15)4(14)1-21-12)22-2-5-7(16)8(17)9(18)11(20)23-5/h4-11,13-20H,1-3H2/t4-,5-,6-,7+,8+,9-,10+,11-,12+/m1/s1. The Bertz CT molecular complexity index is 395. The Hall–Kier alpha value is -0.440. The average molecular weight is 342 g/mol. The second kappa shape index (κ2) is 7.21. The molecule has 0 unspecified atom stereocenters. The van der Waals surface area contributed by atoms with Crippen molar-refractivity contribution in [3.63, 3.8) is 0 Å². The maximum absolute atomic E-state index is 9.94. The maximum atomic E-state index is 9.94. The molecule has 2 heterocycles. The molecule has 0 radical (unpaired) electrons. The van der Waals surface area contributed by atoms with Crippen LogP contribution in [0.5, 0.6) is 0 Å². The van der Waals surface area contributed by atoms with Crippen LogP contribution in [-0.2, 0) is 14.2 Å². The third-order valence-corrected chi connectivity index (χ3v) is 4.07. The lowest BCUT2D eigenvalue weighted by Gasteiger charge is -2.45. The molecule has 2 rings (SSSR count). The molecule has 136 valence electrons. The second-order valence-corrected chi connectivity index (χ2v) is 5.63. The third kappa shape index (κ3) is 3.50. The maximum Gasteiger partial charge on any atom is 0.221 e. The average Bonchev–Trinajstić information content (AvgIpc) is 2.55. The van der Waals surface area contributed by atoms with E-state index in [9.17, 15) is 40.9 Å². The smallest absolute Gasteiger partial charge is 0.221 e. The molecule has 0 spiro atoms. The molecule has 11 nitrogen and oxygen atoms in total. The number of aliphatic hydroxyl groups excluding tert-OH is 8. The van der Waals surface area contributed by atoms with Gasteiger partial charge in [-0.25, -0.2) is 0 Å². The van der Waals surface area contributed by atoms with Crippen molar-refractivity contribution in [2.45, 2.75) is 54.8 Å². The molecule has 0 aromatic rings. The van der Waals surface area contributed by atoms with Crippen LogP contribution in [0.3, 0.4) is 0 Å². The van der Waals surface area contributed by atoms with Gasteiger partial charge in [-0.2, -0.15) is 0 Å². The molecule has 9 atom stereocenters. The van der Waals surface area contributed by atoms with Gasteiger partial charge < -0.3 is 55.1 Å². The van der Waals surface area contributed by atoms with Gasteiger partial charge in [-0.15, -0.1) is 0 Å². The minimum atomic E-state index is -2.08. The van der Waals surface area contributed by atoms with E-state index in [2.05, 4.69) is 0 Å². The van der Waals surface area contributed by atoms with Crippen LogP contribution in [0, 0.1) is 0 Å². The van der Waals surface area contributed by atoms with Crippen LogP contribution < -0.4 is 0 Å². The summed E-state index contributed by atoms with van der Waals surface area (Å²) >= 11 is 0. The van der Waals surface area contributed by atoms with E-state index in [1.807, 2.05) is 0 Å². The monoisotopic (exact) mass is 342 g/mol. The molecule has 2 aliphatic heterocycles. The minimum Gasteiger partial charge on any atom is -0.391 e. The molecule has 0 saturated carbocycles. The van der Waals surface area contributed by atoms with Crippen molar-refractivity contribution in [3.05, 3.63) is 0 Å². The summed E-state index contributed by atoms with van der Waals surface area (Å²) in [6.45, 7) is -1.85. The normalized spacial score (nSPS) is 51.7. The van der Waals surface area contributed by atoms with E-state index in [-0.39, 0.29) is 0 Å². The zero-order valence-corrected chi connectivity index (χ0v) is 12.0. The van der Waals surface area contributed by atoms with Gasteiger partial charge in [0.2, 0.25) is 5.79 Å². The third-order valence-electron chi connectivity index (χ3n) is 4.07. The fraction of sp³-hybridized carbons (Fsp3) is 1.00. The van der Waals surface area contributed by atoms with Gasteiger partial charge in [0.1, 0.15) is 49.3 Å². The molecule has 0 aliphatic carbocycles. The molecular weight excluding hydrogens is 320 g/mol. The van der Waals surface area contributed by atoms with Crippen LogP contribution in [0.15, 0.2) is 0 Å². The summed E-state index contributed by atoms with van der Waals surface area (Å²) in [5.74, 6) is -2.08. The first-order valence-electron chi connectivity index (χ1n) is 7.04. The molecule has 0 aromatic carbocycles. The van der Waals surface area contributed by atoms with E-state index in [1.165, 1.54) is 0 Å². The largest absolute Gasteiger partial charge is 0.391 e. The van der Waals surface area contributed by atoms with Crippen molar-refractivity contribution in [2.24, 2.45) is 0 Å². The highest BCUT2D eigenvalue weighted by Crippen LogP contribution is 2.29. The van der Waals surface area contributed by atoms with E-state index in [1.54, 1.807) is 0 Å². The van der Waals surface area contributed by atoms with Gasteiger partial charge in [0.25, 0.3) is 0 Å². The van der Waals surface area contributed by atoms with E-state index >= 15 is 0 Å². The van der Waals surface area contributed by atoms with E-state index < -0.39 is 74.6 Å². The number of hydrogen-bond donors (Lipinski definition) is 8. The van der Waals surface area contributed by atoms with Gasteiger partial charge in [-0.05, 0) is 0 Å². The first kappa shape index (κ1) is 18.9. The summed E-state index contributed by atoms with van der Waals surface area (Å²) < 4.78 is 15.2. The second-order valence-electron chi connectivity index (χ2n) is 5.63. The Morgan fingerprint density at radius 1 is 0.913 bits per heavy atom. The molecule has 11 heteroatoms. The number of hydrogen-bond acceptors (Lipinski definition) is 11. The highest BCUT2D eigenvalue weighted by molar-refractivity contribution is 4.94. The molecule has 8 N–H and O–H groups in total. The van der Waals surface area contributed by atoms with Crippen molar-refractivity contribution < 1.29 is 55.1 Å². The molecule has 0 aromatic heterocycles. The first-order chi connectivity index (χ1) is 10.7. The van der Waals surface area contributed by atoms with Gasteiger partial charge in [-0.3, -0.25) is 0 Å². The fourth-order valence-corrected chi connectivity index (χ4v) is 2.48. The Morgan fingerprint density at radius 3 is 2.17 bits per heavy atom. The minimum absolute atomic E-state index is 0.420. The van der Waals surface area contributed by atoms with Crippen molar-refractivity contribution in [1.29, 1.82) is 0 Å². The zero-order chi connectivity index (χ0) is 17.4. The van der Waals surface area contributed by atoms with Crippen molar-refractivity contribution in [3.8, 4) is 0 Å². The summed E-state index contributed by atoms with van der Waals surface area (Å²) in [5.41, 5.74) is 0. The lowest BCUT2D eigenvalue weighted by molar-refractivity contribution is -0.364. The van der Waals surface area contributed by atoms with E-state index in [0.717, 1.165) is 0 Å². The van der Waals surface area contributed by atoms with Crippen molar-refractivity contribution in [2.75, 3.05) is 19.8 Å². The van der Waals surface area contributed by atoms with Crippen molar-refractivity contribution in [1.82, 2.24) is 0 Å². The highest BCUT2D eigenvalue weighted by atomic mass is 16.7. The summed E-state index contributed by atoms with van der Waals surface area (Å²) in [4.78, 5) is 0. The van der Waals surface area contributed by atoms with Crippen LogP contribution in [-0.4, -0.2) is 115 Å². The predicted octanol–water partition coefficient (Wildman–Crippen LogP) is -5.40. The van der Waals surface area contributed by atoms with Crippen molar-refractivity contribution >= 4 is 0 Å².